The highest BCUT2D eigenvalue weighted by Crippen LogP contribution is 2.11. The van der Waals surface area contributed by atoms with E-state index in [4.69, 9.17) is 5.11 Å². The summed E-state index contributed by atoms with van der Waals surface area (Å²) in [5.41, 5.74) is 0. The summed E-state index contributed by atoms with van der Waals surface area (Å²) in [7, 11) is 0. The Balaban J connectivity index is 2.49. The summed E-state index contributed by atoms with van der Waals surface area (Å²) >= 11 is 1.17. The van der Waals surface area contributed by atoms with E-state index in [1.807, 2.05) is 0 Å². The fourth-order valence-corrected chi connectivity index (χ4v) is 1.05. The molecule has 1 heterocycles. The molecule has 0 fully saturated rings. The van der Waals surface area contributed by atoms with E-state index in [9.17, 15) is 4.79 Å². The fraction of sp³-hybridized carbons (Fsp3) is 0. The lowest BCUT2D eigenvalue weighted by atomic mass is 10.7. The number of hydrogen-bond acceptors (Lipinski definition) is 4. The van der Waals surface area contributed by atoms with Gasteiger partial charge < -0.3 is 5.11 Å². The lowest BCUT2D eigenvalue weighted by Gasteiger charge is -1.89. The van der Waals surface area contributed by atoms with E-state index in [-0.39, 0.29) is 0 Å². The second-order valence-electron chi connectivity index (χ2n) is 1.79. The van der Waals surface area contributed by atoms with Gasteiger partial charge in [-0.25, -0.2) is 14.8 Å². The maximum absolute atomic E-state index is 10.0. The van der Waals surface area contributed by atoms with E-state index in [0.717, 1.165) is 6.08 Å². The van der Waals surface area contributed by atoms with E-state index >= 15 is 0 Å². The predicted molar refractivity (Wildman–Crippen MR) is 44.7 cm³/mol. The monoisotopic (exact) mass is 182 g/mol. The van der Waals surface area contributed by atoms with E-state index in [2.05, 4.69) is 9.97 Å². The first kappa shape index (κ1) is 8.73. The zero-order chi connectivity index (χ0) is 8.81. The lowest BCUT2D eigenvalue weighted by Crippen LogP contribution is -1.85. The zero-order valence-corrected chi connectivity index (χ0v) is 6.86. The van der Waals surface area contributed by atoms with E-state index in [1.54, 1.807) is 18.5 Å². The molecule has 62 valence electrons. The molecule has 4 nitrogen and oxygen atoms in total. The molecule has 0 spiro atoms. The minimum absolute atomic E-state index is 0.537. The Kier molecular flexibility index (Phi) is 3.28. The Hall–Kier alpha value is -1.36. The molecule has 0 radical (unpaired) electrons. The number of thioether (sulfide) groups is 1. The van der Waals surface area contributed by atoms with Gasteiger partial charge in [-0.2, -0.15) is 0 Å². The van der Waals surface area contributed by atoms with Crippen molar-refractivity contribution in [2.75, 3.05) is 0 Å². The Bertz CT molecular complexity index is 287. The van der Waals surface area contributed by atoms with Crippen LogP contribution >= 0.6 is 11.8 Å². The molecule has 0 atom stereocenters. The molecule has 0 saturated carbocycles. The summed E-state index contributed by atoms with van der Waals surface area (Å²) in [6.07, 6.45) is 4.24. The van der Waals surface area contributed by atoms with Crippen LogP contribution in [0.5, 0.6) is 0 Å². The number of rotatable bonds is 3. The number of carboxylic acids is 1. The Morgan fingerprint density at radius 3 is 2.75 bits per heavy atom. The van der Waals surface area contributed by atoms with Crippen LogP contribution in [-0.4, -0.2) is 21.0 Å². The largest absolute Gasteiger partial charge is 0.478 e. The van der Waals surface area contributed by atoms with Gasteiger partial charge in [-0.05, 0) is 11.5 Å². The minimum atomic E-state index is -0.974. The summed E-state index contributed by atoms with van der Waals surface area (Å²) in [6.45, 7) is 0. The van der Waals surface area contributed by atoms with Gasteiger partial charge in [0, 0.05) is 18.5 Å². The molecule has 1 N–H and O–H groups in total. The van der Waals surface area contributed by atoms with Gasteiger partial charge in [0.1, 0.15) is 0 Å². The molecular formula is C7H6N2O2S. The second-order valence-corrected chi connectivity index (χ2v) is 2.66. The Labute approximate surface area is 73.4 Å². The summed E-state index contributed by atoms with van der Waals surface area (Å²) < 4.78 is 0. The average molecular weight is 182 g/mol. The van der Waals surface area contributed by atoms with Crippen LogP contribution in [0.25, 0.3) is 0 Å². The van der Waals surface area contributed by atoms with Gasteiger partial charge in [0.15, 0.2) is 5.16 Å². The molecular weight excluding hydrogens is 176 g/mol. The minimum Gasteiger partial charge on any atom is -0.478 e. The van der Waals surface area contributed by atoms with Crippen LogP contribution < -0.4 is 0 Å². The van der Waals surface area contributed by atoms with Gasteiger partial charge in [0.25, 0.3) is 0 Å². The van der Waals surface area contributed by atoms with Crippen molar-refractivity contribution in [3.63, 3.8) is 0 Å². The molecule has 0 aliphatic carbocycles. The molecule has 0 aliphatic rings. The normalized spacial score (nSPS) is 10.3. The van der Waals surface area contributed by atoms with Crippen molar-refractivity contribution in [2.24, 2.45) is 0 Å². The standard InChI is InChI=1S/C7H6N2O2S/c10-6(11)2-5-12-7-8-3-1-4-9-7/h1-5H,(H,10,11)/b5-2+. The summed E-state index contributed by atoms with van der Waals surface area (Å²) in [5.74, 6) is -0.974. The van der Waals surface area contributed by atoms with E-state index in [1.165, 1.54) is 17.2 Å². The predicted octanol–water partition coefficient (Wildman–Crippen LogP) is 1.17. The van der Waals surface area contributed by atoms with Crippen LogP contribution in [0.2, 0.25) is 0 Å². The highest BCUT2D eigenvalue weighted by atomic mass is 32.2. The molecule has 0 amide bonds. The van der Waals surface area contributed by atoms with Crippen molar-refractivity contribution >= 4 is 17.7 Å². The Morgan fingerprint density at radius 2 is 2.17 bits per heavy atom. The van der Waals surface area contributed by atoms with Crippen molar-refractivity contribution < 1.29 is 9.90 Å². The van der Waals surface area contributed by atoms with Crippen LogP contribution in [0.4, 0.5) is 0 Å². The van der Waals surface area contributed by atoms with Gasteiger partial charge >= 0.3 is 5.97 Å². The summed E-state index contributed by atoms with van der Waals surface area (Å²) in [5, 5.41) is 10.2. The molecule has 5 heteroatoms. The summed E-state index contributed by atoms with van der Waals surface area (Å²) in [4.78, 5) is 17.8. The maximum atomic E-state index is 10.0. The molecule has 0 aromatic carbocycles. The van der Waals surface area contributed by atoms with Crippen molar-refractivity contribution in [1.82, 2.24) is 9.97 Å². The number of nitrogens with zero attached hydrogens (tertiary/aromatic N) is 2. The SMILES string of the molecule is O=C(O)/C=C/Sc1ncccn1. The third-order valence-electron chi connectivity index (χ3n) is 0.926. The Morgan fingerprint density at radius 1 is 1.50 bits per heavy atom. The third kappa shape index (κ3) is 3.16. The topological polar surface area (TPSA) is 63.1 Å². The first-order valence-electron chi connectivity index (χ1n) is 3.12. The number of aliphatic carboxylic acids is 1. The highest BCUT2D eigenvalue weighted by Gasteiger charge is 1.91. The van der Waals surface area contributed by atoms with Crippen LogP contribution in [0.15, 0.2) is 35.1 Å². The first-order valence-corrected chi connectivity index (χ1v) is 4.00. The summed E-state index contributed by atoms with van der Waals surface area (Å²) in [6, 6.07) is 1.70. The number of carbonyl (C=O) groups is 1. The lowest BCUT2D eigenvalue weighted by molar-refractivity contribution is -0.131. The van der Waals surface area contributed by atoms with Crippen molar-refractivity contribution in [3.05, 3.63) is 29.9 Å². The van der Waals surface area contributed by atoms with Crippen molar-refractivity contribution in [1.29, 1.82) is 0 Å². The van der Waals surface area contributed by atoms with Gasteiger partial charge in [-0.1, -0.05) is 11.8 Å². The third-order valence-corrected chi connectivity index (χ3v) is 1.62. The fourth-order valence-electron chi connectivity index (χ4n) is 0.499. The first-order chi connectivity index (χ1) is 5.79. The molecule has 0 bridgehead atoms. The van der Waals surface area contributed by atoms with Gasteiger partial charge in [0.05, 0.1) is 0 Å². The maximum Gasteiger partial charge on any atom is 0.328 e. The van der Waals surface area contributed by atoms with Crippen molar-refractivity contribution in [2.45, 2.75) is 5.16 Å². The number of hydrogen-bond donors (Lipinski definition) is 1. The van der Waals surface area contributed by atoms with E-state index in [0.29, 0.717) is 5.16 Å². The molecule has 1 rings (SSSR count). The van der Waals surface area contributed by atoms with Gasteiger partial charge in [-0.15, -0.1) is 0 Å². The molecule has 0 aliphatic heterocycles. The van der Waals surface area contributed by atoms with Gasteiger partial charge in [0.2, 0.25) is 0 Å². The molecule has 0 saturated heterocycles. The number of carboxylic acid groups (broad SMARTS) is 1. The van der Waals surface area contributed by atoms with Crippen LogP contribution in [-0.2, 0) is 4.79 Å². The van der Waals surface area contributed by atoms with E-state index < -0.39 is 5.97 Å². The molecule has 0 unspecified atom stereocenters. The molecule has 12 heavy (non-hydrogen) atoms. The zero-order valence-electron chi connectivity index (χ0n) is 6.04. The van der Waals surface area contributed by atoms with Crippen LogP contribution in [0.3, 0.4) is 0 Å². The molecule has 1 aromatic rings. The molecule has 1 aromatic heterocycles. The van der Waals surface area contributed by atoms with Crippen LogP contribution in [0.1, 0.15) is 0 Å². The second kappa shape index (κ2) is 4.50. The highest BCUT2D eigenvalue weighted by molar-refractivity contribution is 8.02. The quantitative estimate of drug-likeness (QED) is 0.432. The number of aromatic nitrogens is 2. The average Bonchev–Trinajstić information content (AvgIpc) is 2.05. The van der Waals surface area contributed by atoms with Crippen LogP contribution in [0, 0.1) is 0 Å². The van der Waals surface area contributed by atoms with Gasteiger partial charge in [-0.3, -0.25) is 0 Å². The van der Waals surface area contributed by atoms with Crippen molar-refractivity contribution in [3.8, 4) is 0 Å². The smallest absolute Gasteiger partial charge is 0.328 e.